The normalized spacial score (nSPS) is 12.8. The van der Waals surface area contributed by atoms with Gasteiger partial charge in [0, 0.05) is 17.8 Å². The lowest BCUT2D eigenvalue weighted by Crippen LogP contribution is -2.08. The summed E-state index contributed by atoms with van der Waals surface area (Å²) < 4.78 is 4.60. The van der Waals surface area contributed by atoms with Gasteiger partial charge in [-0.15, -0.1) is 0 Å². The molecule has 1 aromatic rings. The van der Waals surface area contributed by atoms with E-state index < -0.39 is 5.97 Å². The van der Waals surface area contributed by atoms with Crippen LogP contribution >= 0.6 is 11.6 Å². The summed E-state index contributed by atoms with van der Waals surface area (Å²) in [7, 11) is 1.25. The van der Waals surface area contributed by atoms with Crippen molar-refractivity contribution in [1.29, 1.82) is 0 Å². The molecule has 0 aliphatic rings. The van der Waals surface area contributed by atoms with Crippen LogP contribution < -0.4 is 0 Å². The first kappa shape index (κ1) is 16.0. The van der Waals surface area contributed by atoms with Crippen LogP contribution in [0.1, 0.15) is 12.5 Å². The molecule has 1 rings (SSSR count). The third-order valence-electron chi connectivity index (χ3n) is 2.37. The Morgan fingerprint density at radius 1 is 1.50 bits per heavy atom. The Balaban J connectivity index is 3.03. The summed E-state index contributed by atoms with van der Waals surface area (Å²) in [6.45, 7) is 2.33. The highest BCUT2D eigenvalue weighted by Gasteiger charge is 2.11. The molecule has 0 aliphatic carbocycles. The molecule has 20 heavy (non-hydrogen) atoms. The van der Waals surface area contributed by atoms with Gasteiger partial charge < -0.3 is 9.84 Å². The standard InChI is InChI=1S/C15H16ClNO3/c1-3-17-10-13(15(19)20-2)14(18)8-7-11-5-4-6-12(16)9-11/h4-10,18H,3H2,1-2H3. The fourth-order valence-corrected chi connectivity index (χ4v) is 1.59. The fourth-order valence-electron chi connectivity index (χ4n) is 1.39. The number of methoxy groups -OCH3 is 1. The number of carbonyl (C=O) groups is 1. The van der Waals surface area contributed by atoms with Crippen molar-refractivity contribution in [2.75, 3.05) is 13.7 Å². The highest BCUT2D eigenvalue weighted by atomic mass is 35.5. The van der Waals surface area contributed by atoms with Gasteiger partial charge in [-0.05, 0) is 30.7 Å². The lowest BCUT2D eigenvalue weighted by molar-refractivity contribution is -0.135. The van der Waals surface area contributed by atoms with Gasteiger partial charge in [-0.25, -0.2) is 4.79 Å². The SMILES string of the molecule is CCN=CC(C(=O)OC)=C(O)C=Cc1cccc(Cl)c1. The number of carbonyl (C=O) groups excluding carboxylic acids is 1. The highest BCUT2D eigenvalue weighted by Crippen LogP contribution is 2.13. The van der Waals surface area contributed by atoms with Crippen molar-refractivity contribution < 1.29 is 14.6 Å². The molecule has 0 aromatic heterocycles. The van der Waals surface area contributed by atoms with Crippen molar-refractivity contribution in [2.24, 2.45) is 4.99 Å². The summed E-state index contributed by atoms with van der Waals surface area (Å²) in [6, 6.07) is 7.11. The predicted molar refractivity (Wildman–Crippen MR) is 81.2 cm³/mol. The zero-order chi connectivity index (χ0) is 15.0. The van der Waals surface area contributed by atoms with Crippen LogP contribution in [-0.4, -0.2) is 30.9 Å². The molecule has 0 atom stereocenters. The van der Waals surface area contributed by atoms with Gasteiger partial charge >= 0.3 is 5.97 Å². The highest BCUT2D eigenvalue weighted by molar-refractivity contribution is 6.30. The van der Waals surface area contributed by atoms with Gasteiger partial charge in [0.15, 0.2) is 0 Å². The van der Waals surface area contributed by atoms with Crippen LogP contribution in [-0.2, 0) is 9.53 Å². The van der Waals surface area contributed by atoms with E-state index in [1.165, 1.54) is 19.4 Å². The first-order valence-corrected chi connectivity index (χ1v) is 6.41. The van der Waals surface area contributed by atoms with Crippen LogP contribution in [0.2, 0.25) is 5.02 Å². The second-order valence-electron chi connectivity index (χ2n) is 3.81. The average molecular weight is 294 g/mol. The molecule has 0 radical (unpaired) electrons. The van der Waals surface area contributed by atoms with Gasteiger partial charge in [0.2, 0.25) is 0 Å². The topological polar surface area (TPSA) is 58.9 Å². The van der Waals surface area contributed by atoms with Crippen LogP contribution in [0.25, 0.3) is 6.08 Å². The number of benzene rings is 1. The zero-order valence-electron chi connectivity index (χ0n) is 11.3. The van der Waals surface area contributed by atoms with E-state index in [2.05, 4.69) is 9.73 Å². The Bertz CT molecular complexity index is 562. The Kier molecular flexibility index (Phi) is 6.53. The van der Waals surface area contributed by atoms with E-state index in [4.69, 9.17) is 11.6 Å². The molecule has 0 spiro atoms. The molecule has 0 saturated heterocycles. The number of aliphatic hydroxyl groups excluding tert-OH is 1. The van der Waals surface area contributed by atoms with Crippen molar-refractivity contribution >= 4 is 29.9 Å². The minimum Gasteiger partial charge on any atom is -0.507 e. The maximum Gasteiger partial charge on any atom is 0.343 e. The molecule has 0 unspecified atom stereocenters. The quantitative estimate of drug-likeness (QED) is 0.297. The van der Waals surface area contributed by atoms with E-state index in [9.17, 15) is 9.90 Å². The molecule has 0 heterocycles. The Morgan fingerprint density at radius 2 is 2.25 bits per heavy atom. The molecule has 0 saturated carbocycles. The molecule has 0 fully saturated rings. The number of aliphatic hydroxyl groups is 1. The maximum absolute atomic E-state index is 11.5. The molecule has 0 bridgehead atoms. The largest absolute Gasteiger partial charge is 0.507 e. The molecule has 1 N–H and O–H groups in total. The number of ether oxygens (including phenoxy) is 1. The third kappa shape index (κ3) is 4.90. The van der Waals surface area contributed by atoms with Crippen molar-refractivity contribution in [1.82, 2.24) is 0 Å². The van der Waals surface area contributed by atoms with E-state index in [0.717, 1.165) is 5.56 Å². The maximum atomic E-state index is 11.5. The summed E-state index contributed by atoms with van der Waals surface area (Å²) in [4.78, 5) is 15.5. The minimum absolute atomic E-state index is 0.00706. The van der Waals surface area contributed by atoms with Gasteiger partial charge in [-0.2, -0.15) is 0 Å². The van der Waals surface area contributed by atoms with Crippen LogP contribution in [0.5, 0.6) is 0 Å². The zero-order valence-corrected chi connectivity index (χ0v) is 12.1. The van der Waals surface area contributed by atoms with Gasteiger partial charge in [-0.1, -0.05) is 29.8 Å². The number of rotatable bonds is 5. The van der Waals surface area contributed by atoms with Gasteiger partial charge in [0.1, 0.15) is 11.3 Å². The van der Waals surface area contributed by atoms with E-state index in [0.29, 0.717) is 11.6 Å². The second-order valence-corrected chi connectivity index (χ2v) is 4.24. The smallest absolute Gasteiger partial charge is 0.343 e. The molecule has 0 aliphatic heterocycles. The molecule has 1 aromatic carbocycles. The Labute approximate surface area is 123 Å². The van der Waals surface area contributed by atoms with Gasteiger partial charge in [-0.3, -0.25) is 4.99 Å². The summed E-state index contributed by atoms with van der Waals surface area (Å²) in [5.74, 6) is -0.857. The second kappa shape index (κ2) is 8.17. The molecule has 5 heteroatoms. The number of hydrogen-bond donors (Lipinski definition) is 1. The van der Waals surface area contributed by atoms with Gasteiger partial charge in [0.05, 0.1) is 7.11 Å². The molecular weight excluding hydrogens is 278 g/mol. The molecular formula is C15H16ClNO3. The Hall–Kier alpha value is -2.07. The number of aliphatic imine (C=N–C) groups is 1. The number of esters is 1. The van der Waals surface area contributed by atoms with Crippen molar-refractivity contribution in [2.45, 2.75) is 6.92 Å². The lowest BCUT2D eigenvalue weighted by Gasteiger charge is -2.01. The first-order chi connectivity index (χ1) is 9.58. The van der Waals surface area contributed by atoms with Crippen LogP contribution in [0.4, 0.5) is 0 Å². The van der Waals surface area contributed by atoms with Gasteiger partial charge in [0.25, 0.3) is 0 Å². The number of hydrogen-bond acceptors (Lipinski definition) is 4. The molecule has 4 nitrogen and oxygen atoms in total. The summed E-state index contributed by atoms with van der Waals surface area (Å²) in [6.07, 6.45) is 4.34. The van der Waals surface area contributed by atoms with E-state index in [-0.39, 0.29) is 11.3 Å². The Morgan fingerprint density at radius 3 is 2.85 bits per heavy atom. The van der Waals surface area contributed by atoms with E-state index in [1.807, 2.05) is 13.0 Å². The van der Waals surface area contributed by atoms with Crippen LogP contribution in [0.3, 0.4) is 0 Å². The van der Waals surface area contributed by atoms with E-state index >= 15 is 0 Å². The monoisotopic (exact) mass is 293 g/mol. The van der Waals surface area contributed by atoms with E-state index in [1.54, 1.807) is 24.3 Å². The fraction of sp³-hybridized carbons (Fsp3) is 0.200. The van der Waals surface area contributed by atoms with Crippen molar-refractivity contribution in [3.63, 3.8) is 0 Å². The average Bonchev–Trinajstić information content (AvgIpc) is 2.45. The summed E-state index contributed by atoms with van der Waals surface area (Å²) in [5.41, 5.74) is 0.813. The third-order valence-corrected chi connectivity index (χ3v) is 2.60. The minimum atomic E-state index is -0.643. The summed E-state index contributed by atoms with van der Waals surface area (Å²) in [5, 5.41) is 10.5. The van der Waals surface area contributed by atoms with Crippen LogP contribution in [0.15, 0.2) is 46.7 Å². The first-order valence-electron chi connectivity index (χ1n) is 6.03. The predicted octanol–water partition coefficient (Wildman–Crippen LogP) is 3.43. The van der Waals surface area contributed by atoms with Crippen molar-refractivity contribution in [3.05, 3.63) is 52.3 Å². The van der Waals surface area contributed by atoms with Crippen LogP contribution in [0, 0.1) is 0 Å². The molecule has 0 amide bonds. The summed E-state index contributed by atoms with van der Waals surface area (Å²) >= 11 is 5.86. The number of halogens is 1. The number of allylic oxidation sites excluding steroid dienone is 1. The number of nitrogens with zero attached hydrogens (tertiary/aromatic N) is 1. The van der Waals surface area contributed by atoms with Crippen molar-refractivity contribution in [3.8, 4) is 0 Å². The molecule has 106 valence electrons. The lowest BCUT2D eigenvalue weighted by atomic mass is 10.1.